The van der Waals surface area contributed by atoms with Gasteiger partial charge in [-0.25, -0.2) is 10.3 Å². The van der Waals surface area contributed by atoms with Crippen molar-refractivity contribution in [3.05, 3.63) is 51.7 Å². The molecule has 0 aliphatic carbocycles. The van der Waals surface area contributed by atoms with Crippen LogP contribution in [0.25, 0.3) is 0 Å². The fourth-order valence-corrected chi connectivity index (χ4v) is 3.06. The van der Waals surface area contributed by atoms with Gasteiger partial charge in [0.1, 0.15) is 6.04 Å². The maximum Gasteiger partial charge on any atom is 0.275 e. The minimum atomic E-state index is -0.801. The molecule has 3 amide bonds. The quantitative estimate of drug-likeness (QED) is 0.653. The van der Waals surface area contributed by atoms with Gasteiger partial charge in [-0.3, -0.25) is 19.8 Å². The van der Waals surface area contributed by atoms with Crippen LogP contribution in [0.1, 0.15) is 16.1 Å². The normalized spacial score (nSPS) is 17.6. The van der Waals surface area contributed by atoms with E-state index in [0.29, 0.717) is 15.6 Å². The fourth-order valence-electron chi connectivity index (χ4n) is 2.25. The van der Waals surface area contributed by atoms with Crippen molar-refractivity contribution in [2.45, 2.75) is 12.5 Å². The number of hydrogen-bond donors (Lipinski definition) is 2. The maximum atomic E-state index is 12.4. The molecule has 2 aromatic rings. The SMILES string of the molecule is O=C(NN[C@H]1CC(=O)N(c2cccc(Cl)c2)C1=O)c1cccs1. The number of hydrazine groups is 1. The number of carbonyl (C=O) groups is 3. The largest absolute Gasteiger partial charge is 0.286 e. The van der Waals surface area contributed by atoms with E-state index < -0.39 is 11.9 Å². The van der Waals surface area contributed by atoms with Gasteiger partial charge in [0.2, 0.25) is 5.91 Å². The third kappa shape index (κ3) is 3.26. The number of anilines is 1. The highest BCUT2D eigenvalue weighted by Gasteiger charge is 2.39. The average Bonchev–Trinajstić information content (AvgIpc) is 3.13. The first kappa shape index (κ1) is 15.7. The molecule has 1 fully saturated rings. The zero-order chi connectivity index (χ0) is 16.4. The van der Waals surface area contributed by atoms with Crippen LogP contribution in [-0.4, -0.2) is 23.8 Å². The molecule has 3 rings (SSSR count). The van der Waals surface area contributed by atoms with Gasteiger partial charge in [-0.1, -0.05) is 23.7 Å². The third-order valence-corrected chi connectivity index (χ3v) is 4.42. The van der Waals surface area contributed by atoms with Gasteiger partial charge in [-0.2, -0.15) is 0 Å². The Hall–Kier alpha value is -2.22. The number of halogens is 1. The molecular weight excluding hydrogens is 338 g/mol. The molecule has 118 valence electrons. The highest BCUT2D eigenvalue weighted by atomic mass is 35.5. The smallest absolute Gasteiger partial charge is 0.275 e. The predicted octanol–water partition coefficient (Wildman–Crippen LogP) is 1.97. The van der Waals surface area contributed by atoms with E-state index in [2.05, 4.69) is 10.9 Å². The van der Waals surface area contributed by atoms with E-state index in [1.165, 1.54) is 11.3 Å². The summed E-state index contributed by atoms with van der Waals surface area (Å²) >= 11 is 7.18. The lowest BCUT2D eigenvalue weighted by atomic mass is 10.2. The van der Waals surface area contributed by atoms with Crippen LogP contribution in [0.15, 0.2) is 41.8 Å². The number of hydrogen-bond acceptors (Lipinski definition) is 5. The summed E-state index contributed by atoms with van der Waals surface area (Å²) < 4.78 is 0. The van der Waals surface area contributed by atoms with E-state index in [0.717, 1.165) is 4.90 Å². The molecule has 0 unspecified atom stereocenters. The van der Waals surface area contributed by atoms with Crippen molar-refractivity contribution in [3.8, 4) is 0 Å². The predicted molar refractivity (Wildman–Crippen MR) is 87.3 cm³/mol. The molecule has 0 saturated carbocycles. The number of thiophene rings is 1. The number of nitrogens with one attached hydrogen (secondary N) is 2. The molecule has 23 heavy (non-hydrogen) atoms. The van der Waals surface area contributed by atoms with Gasteiger partial charge in [0.05, 0.1) is 17.0 Å². The number of amides is 3. The van der Waals surface area contributed by atoms with E-state index in [4.69, 9.17) is 11.6 Å². The van der Waals surface area contributed by atoms with Crippen molar-refractivity contribution in [2.24, 2.45) is 0 Å². The molecule has 0 spiro atoms. The second-order valence-corrected chi connectivity index (χ2v) is 6.26. The second-order valence-electron chi connectivity index (χ2n) is 4.88. The Kier molecular flexibility index (Phi) is 4.42. The zero-order valence-electron chi connectivity index (χ0n) is 11.8. The second kappa shape index (κ2) is 6.49. The van der Waals surface area contributed by atoms with Gasteiger partial charge in [0.25, 0.3) is 11.8 Å². The molecule has 1 aromatic heterocycles. The molecule has 6 nitrogen and oxygen atoms in total. The van der Waals surface area contributed by atoms with Gasteiger partial charge in [-0.15, -0.1) is 11.3 Å². The molecule has 1 aromatic carbocycles. The minimum Gasteiger partial charge on any atom is -0.286 e. The van der Waals surface area contributed by atoms with E-state index in [1.807, 2.05) is 0 Å². The average molecular weight is 350 g/mol. The Morgan fingerprint density at radius 1 is 1.26 bits per heavy atom. The lowest BCUT2D eigenvalue weighted by Gasteiger charge is -2.16. The number of imide groups is 1. The Balaban J connectivity index is 1.68. The van der Waals surface area contributed by atoms with Crippen molar-refractivity contribution < 1.29 is 14.4 Å². The Morgan fingerprint density at radius 3 is 2.78 bits per heavy atom. The number of rotatable bonds is 4. The summed E-state index contributed by atoms with van der Waals surface area (Å²) in [5.41, 5.74) is 5.50. The molecule has 8 heteroatoms. The van der Waals surface area contributed by atoms with Crippen LogP contribution in [0.3, 0.4) is 0 Å². The van der Waals surface area contributed by atoms with E-state index in [9.17, 15) is 14.4 Å². The van der Waals surface area contributed by atoms with Crippen molar-refractivity contribution in [2.75, 3.05) is 4.90 Å². The topological polar surface area (TPSA) is 78.5 Å². The summed E-state index contributed by atoms with van der Waals surface area (Å²) in [6.07, 6.45) is -0.0317. The summed E-state index contributed by atoms with van der Waals surface area (Å²) in [6, 6.07) is 9.13. The van der Waals surface area contributed by atoms with Crippen LogP contribution in [0.2, 0.25) is 5.02 Å². The van der Waals surface area contributed by atoms with Crippen LogP contribution in [0, 0.1) is 0 Å². The van der Waals surface area contributed by atoms with Crippen LogP contribution in [0.4, 0.5) is 5.69 Å². The molecule has 1 atom stereocenters. The zero-order valence-corrected chi connectivity index (χ0v) is 13.4. The van der Waals surface area contributed by atoms with E-state index >= 15 is 0 Å². The molecule has 2 heterocycles. The first-order valence-corrected chi connectivity index (χ1v) is 8.04. The summed E-state index contributed by atoms with van der Waals surface area (Å²) in [7, 11) is 0. The molecule has 0 radical (unpaired) electrons. The third-order valence-electron chi connectivity index (χ3n) is 3.32. The number of benzene rings is 1. The molecule has 1 aliphatic rings. The van der Waals surface area contributed by atoms with Crippen LogP contribution < -0.4 is 15.8 Å². The first-order chi connectivity index (χ1) is 11.1. The number of carbonyl (C=O) groups excluding carboxylic acids is 3. The van der Waals surface area contributed by atoms with Crippen molar-refractivity contribution in [1.29, 1.82) is 0 Å². The van der Waals surface area contributed by atoms with E-state index in [-0.39, 0.29) is 18.2 Å². The lowest BCUT2D eigenvalue weighted by Crippen LogP contribution is -2.48. The summed E-state index contributed by atoms with van der Waals surface area (Å²) in [5, 5.41) is 2.21. The molecule has 2 N–H and O–H groups in total. The van der Waals surface area contributed by atoms with Crippen molar-refractivity contribution in [1.82, 2.24) is 10.9 Å². The van der Waals surface area contributed by atoms with Crippen LogP contribution >= 0.6 is 22.9 Å². The summed E-state index contributed by atoms with van der Waals surface area (Å²) in [6.45, 7) is 0. The van der Waals surface area contributed by atoms with Crippen LogP contribution in [0.5, 0.6) is 0 Å². The standard InChI is InChI=1S/C15H12ClN3O3S/c16-9-3-1-4-10(7-9)19-13(20)8-11(15(19)22)17-18-14(21)12-5-2-6-23-12/h1-7,11,17H,8H2,(H,18,21)/t11-/m0/s1. The van der Waals surface area contributed by atoms with Crippen LogP contribution in [-0.2, 0) is 9.59 Å². The van der Waals surface area contributed by atoms with Crippen molar-refractivity contribution in [3.63, 3.8) is 0 Å². The molecular formula is C15H12ClN3O3S. The Morgan fingerprint density at radius 2 is 2.09 bits per heavy atom. The Bertz CT molecular complexity index is 763. The lowest BCUT2D eigenvalue weighted by molar-refractivity contribution is -0.121. The van der Waals surface area contributed by atoms with Gasteiger partial charge in [0, 0.05) is 5.02 Å². The minimum absolute atomic E-state index is 0.0317. The monoisotopic (exact) mass is 349 g/mol. The van der Waals surface area contributed by atoms with Gasteiger partial charge in [0.15, 0.2) is 0 Å². The fraction of sp³-hybridized carbons (Fsp3) is 0.133. The van der Waals surface area contributed by atoms with Gasteiger partial charge in [-0.05, 0) is 29.6 Å². The number of nitrogens with zero attached hydrogens (tertiary/aromatic N) is 1. The maximum absolute atomic E-state index is 12.4. The van der Waals surface area contributed by atoms with Gasteiger partial charge < -0.3 is 0 Å². The molecule has 1 saturated heterocycles. The van der Waals surface area contributed by atoms with Gasteiger partial charge >= 0.3 is 0 Å². The highest BCUT2D eigenvalue weighted by molar-refractivity contribution is 7.12. The van der Waals surface area contributed by atoms with E-state index in [1.54, 1.807) is 41.8 Å². The summed E-state index contributed by atoms with van der Waals surface area (Å²) in [4.78, 5) is 37.9. The molecule has 1 aliphatic heterocycles. The molecule has 0 bridgehead atoms. The van der Waals surface area contributed by atoms with Crippen molar-refractivity contribution >= 4 is 46.3 Å². The summed E-state index contributed by atoms with van der Waals surface area (Å²) in [5.74, 6) is -1.12. The first-order valence-electron chi connectivity index (χ1n) is 6.78. The highest BCUT2D eigenvalue weighted by Crippen LogP contribution is 2.25. The Labute approximate surface area is 141 Å².